The number of pyridine rings is 2. The predicted molar refractivity (Wildman–Crippen MR) is 129 cm³/mol. The van der Waals surface area contributed by atoms with Gasteiger partial charge in [-0.2, -0.15) is 0 Å². The summed E-state index contributed by atoms with van der Waals surface area (Å²) < 4.78 is 0. The quantitative estimate of drug-likeness (QED) is 0.546. The van der Waals surface area contributed by atoms with Crippen molar-refractivity contribution in [2.24, 2.45) is 0 Å². The number of aromatic nitrogens is 2. The molecule has 7 heteroatoms. The van der Waals surface area contributed by atoms with Crippen molar-refractivity contribution < 1.29 is 9.90 Å². The number of carbonyl (C=O) groups is 1. The molecular weight excluding hydrogens is 414 g/mol. The summed E-state index contributed by atoms with van der Waals surface area (Å²) in [7, 11) is 0. The fourth-order valence-corrected chi connectivity index (χ4v) is 4.27. The smallest absolute Gasteiger partial charge is 0.321 e. The Balaban J connectivity index is 1.44. The van der Waals surface area contributed by atoms with Crippen molar-refractivity contribution >= 4 is 11.7 Å². The van der Waals surface area contributed by atoms with E-state index in [1.807, 2.05) is 29.4 Å². The maximum Gasteiger partial charge on any atom is 0.321 e. The molecule has 1 saturated heterocycles. The summed E-state index contributed by atoms with van der Waals surface area (Å²) in [5.74, 6) is 0.0726. The van der Waals surface area contributed by atoms with E-state index in [-0.39, 0.29) is 11.8 Å². The fourth-order valence-electron chi connectivity index (χ4n) is 4.27. The molecule has 7 nitrogen and oxygen atoms in total. The van der Waals surface area contributed by atoms with E-state index in [1.54, 1.807) is 24.3 Å². The van der Waals surface area contributed by atoms with Crippen LogP contribution >= 0.6 is 0 Å². The lowest BCUT2D eigenvalue weighted by atomic mass is 10.0. The Morgan fingerprint density at radius 3 is 2.09 bits per heavy atom. The number of amides is 2. The molecule has 1 aromatic carbocycles. The molecule has 2 aromatic heterocycles. The summed E-state index contributed by atoms with van der Waals surface area (Å²) in [5, 5.41) is 12.8. The number of piperidine rings is 1. The Bertz CT molecular complexity index is 1050. The van der Waals surface area contributed by atoms with Crippen LogP contribution < -0.4 is 5.32 Å². The Kier molecular flexibility index (Phi) is 7.19. The number of urea groups is 1. The zero-order chi connectivity index (χ0) is 23.2. The van der Waals surface area contributed by atoms with Crippen molar-refractivity contribution in [1.82, 2.24) is 19.8 Å². The van der Waals surface area contributed by atoms with Crippen LogP contribution in [0.2, 0.25) is 0 Å². The summed E-state index contributed by atoms with van der Waals surface area (Å²) >= 11 is 0. The van der Waals surface area contributed by atoms with Crippen LogP contribution in [0.15, 0.2) is 60.9 Å². The standard InChI is InChI=1S/C26H31N5O2/c1-19-7-5-13-27-23(19)17-31(18-24-20(2)8-6-14-28-24)21-11-15-30(16-12-21)26(33)29-22-9-3-4-10-25(22)32/h3-10,13-14,21,32H,11-12,15-18H2,1-2H3,(H,29,33). The molecule has 3 aromatic rings. The lowest BCUT2D eigenvalue weighted by Gasteiger charge is -2.38. The fraction of sp³-hybridized carbons (Fsp3) is 0.346. The summed E-state index contributed by atoms with van der Waals surface area (Å²) in [6.45, 7) is 7.00. The van der Waals surface area contributed by atoms with Crippen LogP contribution in [0.5, 0.6) is 5.75 Å². The number of hydrogen-bond acceptors (Lipinski definition) is 5. The van der Waals surface area contributed by atoms with Crippen molar-refractivity contribution in [3.05, 3.63) is 83.4 Å². The van der Waals surface area contributed by atoms with Crippen LogP contribution in [0.25, 0.3) is 0 Å². The zero-order valence-corrected chi connectivity index (χ0v) is 19.2. The highest BCUT2D eigenvalue weighted by Crippen LogP contribution is 2.25. The molecule has 0 bridgehead atoms. The molecular formula is C26H31N5O2. The molecule has 1 aliphatic heterocycles. The summed E-state index contributed by atoms with van der Waals surface area (Å²) in [6, 6.07) is 15.1. The SMILES string of the molecule is Cc1cccnc1CN(Cc1ncccc1C)C1CCN(C(=O)Nc2ccccc2O)CC1. The lowest BCUT2D eigenvalue weighted by molar-refractivity contribution is 0.107. The van der Waals surface area contributed by atoms with E-state index >= 15 is 0 Å². The summed E-state index contributed by atoms with van der Waals surface area (Å²) in [5.41, 5.74) is 4.94. The Morgan fingerprint density at radius 2 is 1.55 bits per heavy atom. The van der Waals surface area contributed by atoms with Crippen molar-refractivity contribution in [3.8, 4) is 5.75 Å². The monoisotopic (exact) mass is 445 g/mol. The van der Waals surface area contributed by atoms with Crippen molar-refractivity contribution in [2.75, 3.05) is 18.4 Å². The van der Waals surface area contributed by atoms with E-state index in [0.717, 1.165) is 37.3 Å². The number of anilines is 1. The zero-order valence-electron chi connectivity index (χ0n) is 19.2. The molecule has 0 atom stereocenters. The van der Waals surface area contributed by atoms with Crippen LogP contribution in [-0.4, -0.2) is 50.0 Å². The Hall–Kier alpha value is -3.45. The number of benzene rings is 1. The minimum absolute atomic E-state index is 0.0726. The second-order valence-electron chi connectivity index (χ2n) is 8.60. The number of para-hydroxylation sites is 2. The first-order valence-corrected chi connectivity index (χ1v) is 11.4. The van der Waals surface area contributed by atoms with Gasteiger partial charge in [-0.1, -0.05) is 24.3 Å². The van der Waals surface area contributed by atoms with Gasteiger partial charge in [-0.25, -0.2) is 4.79 Å². The van der Waals surface area contributed by atoms with Crippen LogP contribution in [0.4, 0.5) is 10.5 Å². The number of carbonyl (C=O) groups excluding carboxylic acids is 1. The van der Waals surface area contributed by atoms with Crippen molar-refractivity contribution in [2.45, 2.75) is 45.8 Å². The number of nitrogens with one attached hydrogen (secondary N) is 1. The highest BCUT2D eigenvalue weighted by molar-refractivity contribution is 5.90. The van der Waals surface area contributed by atoms with Gasteiger partial charge in [0.2, 0.25) is 0 Å². The lowest BCUT2D eigenvalue weighted by Crippen LogP contribution is -2.47. The molecule has 33 heavy (non-hydrogen) atoms. The second kappa shape index (κ2) is 10.4. The molecule has 0 aliphatic carbocycles. The Morgan fingerprint density at radius 1 is 0.970 bits per heavy atom. The minimum Gasteiger partial charge on any atom is -0.506 e. The first-order chi connectivity index (χ1) is 16.0. The molecule has 2 amide bonds. The molecule has 1 fully saturated rings. The molecule has 0 saturated carbocycles. The first kappa shape index (κ1) is 22.7. The van der Waals surface area contributed by atoms with E-state index in [0.29, 0.717) is 24.8 Å². The van der Waals surface area contributed by atoms with Gasteiger partial charge in [-0.15, -0.1) is 0 Å². The third kappa shape index (κ3) is 5.68. The average Bonchev–Trinajstić information content (AvgIpc) is 2.83. The summed E-state index contributed by atoms with van der Waals surface area (Å²) in [6.07, 6.45) is 5.43. The minimum atomic E-state index is -0.178. The molecule has 172 valence electrons. The topological polar surface area (TPSA) is 81.6 Å². The number of aromatic hydroxyl groups is 1. The van der Waals surface area contributed by atoms with Crippen LogP contribution in [0, 0.1) is 13.8 Å². The first-order valence-electron chi connectivity index (χ1n) is 11.4. The van der Waals surface area contributed by atoms with Gasteiger partial charge < -0.3 is 15.3 Å². The van der Waals surface area contributed by atoms with E-state index < -0.39 is 0 Å². The highest BCUT2D eigenvalue weighted by Gasteiger charge is 2.28. The number of nitrogens with zero attached hydrogens (tertiary/aromatic N) is 4. The number of aryl methyl sites for hydroxylation is 2. The van der Waals surface area contributed by atoms with Gasteiger partial charge in [0.15, 0.2) is 0 Å². The second-order valence-corrected chi connectivity index (χ2v) is 8.60. The number of likely N-dealkylation sites (tertiary alicyclic amines) is 1. The molecule has 0 radical (unpaired) electrons. The molecule has 2 N–H and O–H groups in total. The van der Waals surface area contributed by atoms with Crippen LogP contribution in [-0.2, 0) is 13.1 Å². The van der Waals surface area contributed by atoms with Gasteiger partial charge in [0.25, 0.3) is 0 Å². The number of phenols is 1. The van der Waals surface area contributed by atoms with Gasteiger partial charge in [0, 0.05) is 44.6 Å². The third-order valence-corrected chi connectivity index (χ3v) is 6.36. The predicted octanol–water partition coefficient (Wildman–Crippen LogP) is 4.50. The third-order valence-electron chi connectivity index (χ3n) is 6.36. The van der Waals surface area contributed by atoms with Gasteiger partial charge >= 0.3 is 6.03 Å². The molecule has 1 aliphatic rings. The van der Waals surface area contributed by atoms with Gasteiger partial charge in [0.05, 0.1) is 17.1 Å². The van der Waals surface area contributed by atoms with E-state index in [9.17, 15) is 9.90 Å². The van der Waals surface area contributed by atoms with Crippen LogP contribution in [0.1, 0.15) is 35.4 Å². The van der Waals surface area contributed by atoms with E-state index in [2.05, 4.69) is 46.2 Å². The van der Waals surface area contributed by atoms with E-state index in [4.69, 9.17) is 0 Å². The maximum absolute atomic E-state index is 12.7. The van der Waals surface area contributed by atoms with Crippen molar-refractivity contribution in [1.29, 1.82) is 0 Å². The van der Waals surface area contributed by atoms with Gasteiger partial charge in [-0.05, 0) is 62.1 Å². The van der Waals surface area contributed by atoms with Crippen LogP contribution in [0.3, 0.4) is 0 Å². The van der Waals surface area contributed by atoms with Crippen molar-refractivity contribution in [3.63, 3.8) is 0 Å². The number of phenolic OH excluding ortho intramolecular Hbond substituents is 1. The molecule has 3 heterocycles. The van der Waals surface area contributed by atoms with Gasteiger partial charge in [-0.3, -0.25) is 14.9 Å². The largest absolute Gasteiger partial charge is 0.506 e. The maximum atomic E-state index is 12.7. The Labute approximate surface area is 195 Å². The molecule has 4 rings (SSSR count). The average molecular weight is 446 g/mol. The van der Waals surface area contributed by atoms with Gasteiger partial charge in [0.1, 0.15) is 5.75 Å². The normalized spacial score (nSPS) is 14.5. The number of hydrogen-bond donors (Lipinski definition) is 2. The summed E-state index contributed by atoms with van der Waals surface area (Å²) in [4.78, 5) is 26.2. The molecule has 0 spiro atoms. The number of rotatable bonds is 6. The molecule has 0 unspecified atom stereocenters. The highest BCUT2D eigenvalue weighted by atomic mass is 16.3. The van der Waals surface area contributed by atoms with E-state index in [1.165, 1.54) is 11.1 Å².